The molecule has 7 nitrogen and oxygen atoms in total. The van der Waals surface area contributed by atoms with Gasteiger partial charge in [0.25, 0.3) is 0 Å². The van der Waals surface area contributed by atoms with Crippen molar-refractivity contribution in [1.82, 2.24) is 0 Å². The van der Waals surface area contributed by atoms with Crippen molar-refractivity contribution in [3.8, 4) is 28.7 Å². The average molecular weight is 386 g/mol. The number of ether oxygens (including phenoxy) is 4. The van der Waals surface area contributed by atoms with Crippen molar-refractivity contribution < 1.29 is 34.0 Å². The Kier molecular flexibility index (Phi) is 5.63. The van der Waals surface area contributed by atoms with Gasteiger partial charge >= 0.3 is 5.97 Å². The Hall–Kier alpha value is -3.35. The van der Waals surface area contributed by atoms with Crippen molar-refractivity contribution in [3.63, 3.8) is 0 Å². The zero-order chi connectivity index (χ0) is 20.3. The molecule has 0 aliphatic carbocycles. The lowest BCUT2D eigenvalue weighted by Gasteiger charge is -2.12. The molecule has 0 aromatic heterocycles. The highest BCUT2D eigenvalue weighted by Crippen LogP contribution is 2.39. The number of hydrogen-bond acceptors (Lipinski definition) is 7. The normalized spacial score (nSPS) is 17.5. The monoisotopic (exact) mass is 386 g/mol. The number of esters is 1. The number of benzene rings is 2. The first-order valence-corrected chi connectivity index (χ1v) is 8.66. The molecule has 0 bridgehead atoms. The standard InChI is InChI=1S/C21H22O7/c1-25-18-9-12(4-5-16(18)22)6-14-11-28-21(24)15(14)7-13-8-17(23)20(27-3)19(10-13)26-2/h4-5,7-10,14,22-23H,6,11H2,1-3H3/b15-7+/t14-/m0/s1. The first-order valence-electron chi connectivity index (χ1n) is 8.66. The number of phenols is 2. The van der Waals surface area contributed by atoms with Crippen molar-refractivity contribution in [3.05, 3.63) is 47.0 Å². The maximum Gasteiger partial charge on any atom is 0.334 e. The lowest BCUT2D eigenvalue weighted by Crippen LogP contribution is -2.07. The van der Waals surface area contributed by atoms with Crippen LogP contribution in [0, 0.1) is 5.92 Å². The molecule has 3 rings (SSSR count). The predicted octanol–water partition coefficient (Wildman–Crippen LogP) is 2.92. The topological polar surface area (TPSA) is 94.5 Å². The molecule has 2 aromatic rings. The molecule has 0 unspecified atom stereocenters. The highest BCUT2D eigenvalue weighted by Gasteiger charge is 2.31. The summed E-state index contributed by atoms with van der Waals surface area (Å²) in [6, 6.07) is 8.25. The minimum atomic E-state index is -0.398. The number of cyclic esters (lactones) is 1. The van der Waals surface area contributed by atoms with Gasteiger partial charge in [-0.05, 0) is 47.9 Å². The molecule has 1 aliphatic rings. The van der Waals surface area contributed by atoms with Crippen LogP contribution in [0.1, 0.15) is 11.1 Å². The van der Waals surface area contributed by atoms with Gasteiger partial charge in [0.05, 0.1) is 27.9 Å². The van der Waals surface area contributed by atoms with E-state index >= 15 is 0 Å². The van der Waals surface area contributed by atoms with Crippen LogP contribution in [0.25, 0.3) is 6.08 Å². The third-order valence-corrected chi connectivity index (χ3v) is 4.62. The zero-order valence-corrected chi connectivity index (χ0v) is 15.9. The highest BCUT2D eigenvalue weighted by atomic mass is 16.5. The Labute approximate surface area is 162 Å². The molecule has 0 radical (unpaired) electrons. The van der Waals surface area contributed by atoms with Gasteiger partial charge in [0.1, 0.15) is 0 Å². The van der Waals surface area contributed by atoms with Crippen LogP contribution in [-0.4, -0.2) is 44.1 Å². The molecule has 0 spiro atoms. The maximum absolute atomic E-state index is 12.2. The predicted molar refractivity (Wildman–Crippen MR) is 102 cm³/mol. The number of aromatic hydroxyl groups is 2. The van der Waals surface area contributed by atoms with E-state index in [4.69, 9.17) is 18.9 Å². The summed E-state index contributed by atoms with van der Waals surface area (Å²) in [6.45, 7) is 0.257. The van der Waals surface area contributed by atoms with Crippen molar-refractivity contribution in [2.75, 3.05) is 27.9 Å². The summed E-state index contributed by atoms with van der Waals surface area (Å²) in [4.78, 5) is 12.2. The van der Waals surface area contributed by atoms with E-state index in [1.54, 1.807) is 30.3 Å². The van der Waals surface area contributed by atoms with Gasteiger partial charge < -0.3 is 29.2 Å². The summed E-state index contributed by atoms with van der Waals surface area (Å²) in [5, 5.41) is 19.9. The number of methoxy groups -OCH3 is 3. The van der Waals surface area contributed by atoms with Crippen molar-refractivity contribution in [2.24, 2.45) is 5.92 Å². The molecule has 2 N–H and O–H groups in total. The molecule has 1 heterocycles. The fraction of sp³-hybridized carbons (Fsp3) is 0.286. The van der Waals surface area contributed by atoms with Crippen LogP contribution in [0.5, 0.6) is 28.7 Å². The van der Waals surface area contributed by atoms with E-state index in [2.05, 4.69) is 0 Å². The fourth-order valence-electron chi connectivity index (χ4n) is 3.22. The lowest BCUT2D eigenvalue weighted by molar-refractivity contribution is -0.135. The van der Waals surface area contributed by atoms with Crippen molar-refractivity contribution in [2.45, 2.75) is 6.42 Å². The molecule has 1 atom stereocenters. The highest BCUT2D eigenvalue weighted by molar-refractivity contribution is 5.96. The molecule has 2 aromatic carbocycles. The number of hydrogen-bond donors (Lipinski definition) is 2. The smallest absolute Gasteiger partial charge is 0.334 e. The van der Waals surface area contributed by atoms with E-state index in [0.29, 0.717) is 29.1 Å². The summed E-state index contributed by atoms with van der Waals surface area (Å²) in [5.74, 6) is 0.369. The number of carbonyl (C=O) groups excluding carboxylic acids is 1. The minimum absolute atomic E-state index is 0.0570. The first kappa shape index (κ1) is 19.4. The molecule has 7 heteroatoms. The van der Waals surface area contributed by atoms with Crippen molar-refractivity contribution >= 4 is 12.0 Å². The minimum Gasteiger partial charge on any atom is -0.504 e. The molecule has 1 aliphatic heterocycles. The van der Waals surface area contributed by atoms with Gasteiger partial charge in [0.15, 0.2) is 23.0 Å². The van der Waals surface area contributed by atoms with Crippen LogP contribution in [-0.2, 0) is 16.0 Å². The van der Waals surface area contributed by atoms with E-state index in [1.807, 2.05) is 0 Å². The largest absolute Gasteiger partial charge is 0.504 e. The van der Waals surface area contributed by atoms with Gasteiger partial charge in [0.2, 0.25) is 5.75 Å². The van der Waals surface area contributed by atoms with E-state index in [-0.39, 0.29) is 29.8 Å². The Balaban J connectivity index is 1.91. The van der Waals surface area contributed by atoms with Crippen LogP contribution in [0.4, 0.5) is 0 Å². The fourth-order valence-corrected chi connectivity index (χ4v) is 3.22. The summed E-state index contributed by atoms with van der Waals surface area (Å²) >= 11 is 0. The molecular weight excluding hydrogens is 364 g/mol. The Bertz CT molecular complexity index is 917. The van der Waals surface area contributed by atoms with Crippen LogP contribution in [0.15, 0.2) is 35.9 Å². The van der Waals surface area contributed by atoms with Crippen molar-refractivity contribution in [1.29, 1.82) is 0 Å². The second-order valence-electron chi connectivity index (χ2n) is 6.38. The summed E-state index contributed by atoms with van der Waals surface area (Å²) in [6.07, 6.45) is 2.22. The van der Waals surface area contributed by atoms with Gasteiger partial charge in [0, 0.05) is 11.5 Å². The van der Waals surface area contributed by atoms with E-state index in [1.165, 1.54) is 27.4 Å². The molecule has 1 saturated heterocycles. The van der Waals surface area contributed by atoms with Crippen LogP contribution >= 0.6 is 0 Å². The molecular formula is C21H22O7. The van der Waals surface area contributed by atoms with E-state index < -0.39 is 5.97 Å². The first-order chi connectivity index (χ1) is 13.5. The summed E-state index contributed by atoms with van der Waals surface area (Å²) < 4.78 is 20.7. The van der Waals surface area contributed by atoms with E-state index in [0.717, 1.165) is 5.56 Å². The van der Waals surface area contributed by atoms with Gasteiger partial charge in [-0.2, -0.15) is 0 Å². The quantitative estimate of drug-likeness (QED) is 0.582. The van der Waals surface area contributed by atoms with Crippen LogP contribution in [0.3, 0.4) is 0 Å². The zero-order valence-electron chi connectivity index (χ0n) is 15.9. The molecule has 148 valence electrons. The van der Waals surface area contributed by atoms with Crippen LogP contribution < -0.4 is 14.2 Å². The van der Waals surface area contributed by atoms with Gasteiger partial charge in [-0.3, -0.25) is 0 Å². The number of rotatable bonds is 6. The summed E-state index contributed by atoms with van der Waals surface area (Å²) in [5.41, 5.74) is 2.00. The Morgan fingerprint density at radius 1 is 1.04 bits per heavy atom. The van der Waals surface area contributed by atoms with E-state index in [9.17, 15) is 15.0 Å². The Morgan fingerprint density at radius 2 is 1.79 bits per heavy atom. The van der Waals surface area contributed by atoms with Gasteiger partial charge in [-0.15, -0.1) is 0 Å². The summed E-state index contributed by atoms with van der Waals surface area (Å²) in [7, 11) is 4.39. The van der Waals surface area contributed by atoms with Crippen LogP contribution in [0.2, 0.25) is 0 Å². The van der Waals surface area contributed by atoms with Gasteiger partial charge in [-0.25, -0.2) is 4.79 Å². The molecule has 1 fully saturated rings. The third-order valence-electron chi connectivity index (χ3n) is 4.62. The lowest BCUT2D eigenvalue weighted by atomic mass is 9.92. The molecule has 0 amide bonds. The molecule has 28 heavy (non-hydrogen) atoms. The molecule has 0 saturated carbocycles. The number of carbonyl (C=O) groups is 1. The SMILES string of the molecule is COc1cc(C[C@H]2COC(=O)/C2=C/c2cc(O)c(OC)c(OC)c2)ccc1O. The second-order valence-corrected chi connectivity index (χ2v) is 6.38. The Morgan fingerprint density at radius 3 is 2.46 bits per heavy atom. The second kappa shape index (κ2) is 8.12. The number of phenolic OH excluding ortho intramolecular Hbond substituents is 2. The van der Waals surface area contributed by atoms with Gasteiger partial charge in [-0.1, -0.05) is 6.07 Å². The third kappa shape index (κ3) is 3.83. The average Bonchev–Trinajstić information content (AvgIpc) is 3.02. The maximum atomic E-state index is 12.2.